The summed E-state index contributed by atoms with van der Waals surface area (Å²) in [5.74, 6) is -2.89. The van der Waals surface area contributed by atoms with Gasteiger partial charge in [-0.15, -0.1) is 5.10 Å². The molecule has 8 nitrogen and oxygen atoms in total. The zero-order valence-corrected chi connectivity index (χ0v) is 14.3. The molecule has 0 saturated carbocycles. The molecule has 10 heteroatoms. The second-order valence-corrected chi connectivity index (χ2v) is 6.30. The average molecular weight is 383 g/mol. The van der Waals surface area contributed by atoms with E-state index in [-0.39, 0.29) is 28.9 Å². The summed E-state index contributed by atoms with van der Waals surface area (Å²) in [6.07, 6.45) is 2.58. The van der Waals surface area contributed by atoms with E-state index in [0.717, 1.165) is 11.1 Å². The van der Waals surface area contributed by atoms with Gasteiger partial charge < -0.3 is 15.2 Å². The standard InChI is InChI=1S/C16H16ClFN4O4/c17-10-4-1-5-12(13(10)18)22-7-11(20-21-22)15(23)19-14(16(24)25)9-3-2-6-26-8-9/h1,4-5,7,9,14H,2-3,6,8H2,(H,19,23)(H,24,25). The van der Waals surface area contributed by atoms with Crippen LogP contribution in [0, 0.1) is 11.7 Å². The van der Waals surface area contributed by atoms with Gasteiger partial charge in [0.25, 0.3) is 5.91 Å². The Morgan fingerprint density at radius 2 is 2.27 bits per heavy atom. The highest BCUT2D eigenvalue weighted by atomic mass is 35.5. The predicted octanol–water partition coefficient (Wildman–Crippen LogP) is 1.67. The van der Waals surface area contributed by atoms with Gasteiger partial charge in [-0.3, -0.25) is 4.79 Å². The van der Waals surface area contributed by atoms with Gasteiger partial charge in [-0.2, -0.15) is 0 Å². The number of rotatable bonds is 5. The maximum absolute atomic E-state index is 14.0. The van der Waals surface area contributed by atoms with Crippen molar-refractivity contribution in [3.63, 3.8) is 0 Å². The molecule has 1 aliphatic rings. The van der Waals surface area contributed by atoms with Crippen molar-refractivity contribution < 1.29 is 23.8 Å². The summed E-state index contributed by atoms with van der Waals surface area (Å²) in [5, 5.41) is 19.1. The van der Waals surface area contributed by atoms with Crippen LogP contribution in [-0.2, 0) is 9.53 Å². The van der Waals surface area contributed by atoms with Gasteiger partial charge in [0.1, 0.15) is 11.7 Å². The molecule has 2 unspecified atom stereocenters. The molecular weight excluding hydrogens is 367 g/mol. The fraction of sp³-hybridized carbons (Fsp3) is 0.375. The summed E-state index contributed by atoms with van der Waals surface area (Å²) in [6, 6.07) is 3.24. The van der Waals surface area contributed by atoms with E-state index in [2.05, 4.69) is 15.6 Å². The average Bonchev–Trinajstić information content (AvgIpc) is 3.12. The van der Waals surface area contributed by atoms with E-state index in [4.69, 9.17) is 16.3 Å². The van der Waals surface area contributed by atoms with Crippen molar-refractivity contribution >= 4 is 23.5 Å². The van der Waals surface area contributed by atoms with Crippen molar-refractivity contribution in [3.8, 4) is 5.69 Å². The van der Waals surface area contributed by atoms with E-state index in [9.17, 15) is 19.1 Å². The first kappa shape index (κ1) is 18.3. The maximum atomic E-state index is 14.0. The second kappa shape index (κ2) is 7.79. The Labute approximate surface area is 152 Å². The number of benzene rings is 1. The monoisotopic (exact) mass is 382 g/mol. The van der Waals surface area contributed by atoms with Gasteiger partial charge in [0.05, 0.1) is 17.8 Å². The second-order valence-electron chi connectivity index (χ2n) is 5.89. The molecule has 1 amide bonds. The third-order valence-electron chi connectivity index (χ3n) is 4.12. The molecule has 3 rings (SSSR count). The lowest BCUT2D eigenvalue weighted by atomic mass is 9.93. The molecule has 1 fully saturated rings. The Bertz CT molecular complexity index is 822. The molecule has 1 aliphatic heterocycles. The summed E-state index contributed by atoms with van der Waals surface area (Å²) < 4.78 is 20.4. The number of carboxylic acid groups (broad SMARTS) is 1. The zero-order chi connectivity index (χ0) is 18.7. The van der Waals surface area contributed by atoms with Gasteiger partial charge in [-0.1, -0.05) is 22.9 Å². The molecular formula is C16H16ClFN4O4. The normalized spacial score (nSPS) is 18.3. The van der Waals surface area contributed by atoms with Crippen molar-refractivity contribution in [2.45, 2.75) is 18.9 Å². The van der Waals surface area contributed by atoms with Crippen LogP contribution in [0.25, 0.3) is 5.69 Å². The van der Waals surface area contributed by atoms with Crippen LogP contribution in [0.1, 0.15) is 23.3 Å². The number of carbonyl (C=O) groups is 2. The van der Waals surface area contributed by atoms with Crippen LogP contribution in [0.3, 0.4) is 0 Å². The summed E-state index contributed by atoms with van der Waals surface area (Å²) in [4.78, 5) is 23.8. The molecule has 2 N–H and O–H groups in total. The van der Waals surface area contributed by atoms with Crippen LogP contribution in [0.4, 0.5) is 4.39 Å². The number of nitrogens with zero attached hydrogens (tertiary/aromatic N) is 3. The minimum atomic E-state index is -1.15. The number of carbonyl (C=O) groups excluding carboxylic acids is 1. The largest absolute Gasteiger partial charge is 0.480 e. The molecule has 0 spiro atoms. The molecule has 0 aliphatic carbocycles. The van der Waals surface area contributed by atoms with Crippen LogP contribution in [0.15, 0.2) is 24.4 Å². The first-order valence-corrected chi connectivity index (χ1v) is 8.33. The first-order chi connectivity index (χ1) is 12.5. The molecule has 1 aromatic heterocycles. The summed E-state index contributed by atoms with van der Waals surface area (Å²) >= 11 is 5.73. The number of aliphatic carboxylic acids is 1. The Hall–Kier alpha value is -2.52. The Morgan fingerprint density at radius 1 is 1.46 bits per heavy atom. The minimum Gasteiger partial charge on any atom is -0.480 e. The summed E-state index contributed by atoms with van der Waals surface area (Å²) in [6.45, 7) is 0.841. The number of hydrogen-bond donors (Lipinski definition) is 2. The molecule has 26 heavy (non-hydrogen) atoms. The van der Waals surface area contributed by atoms with Crippen molar-refractivity contribution in [1.82, 2.24) is 20.3 Å². The fourth-order valence-electron chi connectivity index (χ4n) is 2.78. The predicted molar refractivity (Wildman–Crippen MR) is 88.8 cm³/mol. The minimum absolute atomic E-state index is 0.0273. The lowest BCUT2D eigenvalue weighted by Gasteiger charge is -2.27. The molecule has 138 valence electrons. The van der Waals surface area contributed by atoms with Gasteiger partial charge >= 0.3 is 5.97 Å². The molecule has 2 heterocycles. The topological polar surface area (TPSA) is 106 Å². The molecule has 2 aromatic rings. The molecule has 0 bridgehead atoms. The van der Waals surface area contributed by atoms with Gasteiger partial charge in [-0.05, 0) is 25.0 Å². The van der Waals surface area contributed by atoms with Crippen molar-refractivity contribution in [1.29, 1.82) is 0 Å². The third-order valence-corrected chi connectivity index (χ3v) is 4.42. The van der Waals surface area contributed by atoms with Crippen LogP contribution >= 0.6 is 11.6 Å². The summed E-state index contributed by atoms with van der Waals surface area (Å²) in [5.41, 5.74) is -0.105. The van der Waals surface area contributed by atoms with Crippen LogP contribution in [0.2, 0.25) is 5.02 Å². The zero-order valence-electron chi connectivity index (χ0n) is 13.6. The first-order valence-electron chi connectivity index (χ1n) is 7.95. The Balaban J connectivity index is 1.76. The Kier molecular flexibility index (Phi) is 5.48. The lowest BCUT2D eigenvalue weighted by molar-refractivity contribution is -0.142. The molecule has 2 atom stereocenters. The molecule has 1 aromatic carbocycles. The quantitative estimate of drug-likeness (QED) is 0.814. The van der Waals surface area contributed by atoms with Crippen molar-refractivity contribution in [2.24, 2.45) is 5.92 Å². The number of amides is 1. The molecule has 0 radical (unpaired) electrons. The van der Waals surface area contributed by atoms with E-state index in [1.807, 2.05) is 0 Å². The smallest absolute Gasteiger partial charge is 0.326 e. The highest BCUT2D eigenvalue weighted by Crippen LogP contribution is 2.21. The number of halogens is 2. The van der Waals surface area contributed by atoms with Gasteiger partial charge in [-0.25, -0.2) is 13.9 Å². The fourth-order valence-corrected chi connectivity index (χ4v) is 2.95. The van der Waals surface area contributed by atoms with E-state index in [1.54, 1.807) is 0 Å². The number of hydrogen-bond acceptors (Lipinski definition) is 5. The highest BCUT2D eigenvalue weighted by Gasteiger charge is 2.32. The maximum Gasteiger partial charge on any atom is 0.326 e. The van der Waals surface area contributed by atoms with Gasteiger partial charge in [0, 0.05) is 12.5 Å². The third kappa shape index (κ3) is 3.83. The van der Waals surface area contributed by atoms with Crippen LogP contribution in [0.5, 0.6) is 0 Å². The Morgan fingerprint density at radius 3 is 2.96 bits per heavy atom. The van der Waals surface area contributed by atoms with Crippen molar-refractivity contribution in [3.05, 3.63) is 40.9 Å². The lowest BCUT2D eigenvalue weighted by Crippen LogP contribution is -2.48. The van der Waals surface area contributed by atoms with Crippen LogP contribution in [-0.4, -0.2) is 51.2 Å². The summed E-state index contributed by atoms with van der Waals surface area (Å²) in [7, 11) is 0. The van der Waals surface area contributed by atoms with E-state index in [0.29, 0.717) is 13.0 Å². The number of nitrogens with one attached hydrogen (secondary N) is 1. The van der Waals surface area contributed by atoms with Gasteiger partial charge in [0.15, 0.2) is 11.5 Å². The van der Waals surface area contributed by atoms with E-state index < -0.39 is 23.7 Å². The molecule has 1 saturated heterocycles. The van der Waals surface area contributed by atoms with E-state index >= 15 is 0 Å². The van der Waals surface area contributed by atoms with E-state index in [1.165, 1.54) is 24.4 Å². The van der Waals surface area contributed by atoms with Crippen LogP contribution < -0.4 is 5.32 Å². The highest BCUT2D eigenvalue weighted by molar-refractivity contribution is 6.30. The SMILES string of the molecule is O=C(NC(C(=O)O)C1CCCOC1)c1cn(-c2cccc(Cl)c2F)nn1. The van der Waals surface area contributed by atoms with Crippen molar-refractivity contribution in [2.75, 3.05) is 13.2 Å². The number of aromatic nitrogens is 3. The number of carboxylic acids is 1. The van der Waals surface area contributed by atoms with Gasteiger partial charge in [0.2, 0.25) is 0 Å². The number of ether oxygens (including phenoxy) is 1.